The van der Waals surface area contributed by atoms with Gasteiger partial charge in [0.2, 0.25) is 0 Å². The quantitative estimate of drug-likeness (QED) is 0.889. The van der Waals surface area contributed by atoms with Gasteiger partial charge in [0.25, 0.3) is 0 Å². The van der Waals surface area contributed by atoms with Crippen LogP contribution in [0.2, 0.25) is 0 Å². The number of hydrogen-bond acceptors (Lipinski definition) is 4. The van der Waals surface area contributed by atoms with Crippen LogP contribution in [0.1, 0.15) is 32.0 Å². The van der Waals surface area contributed by atoms with Crippen LogP contribution in [0.4, 0.5) is 0 Å². The third kappa shape index (κ3) is 3.66. The summed E-state index contributed by atoms with van der Waals surface area (Å²) in [6.07, 6.45) is 1.87. The van der Waals surface area contributed by atoms with Gasteiger partial charge in [-0.2, -0.15) is 0 Å². The number of aromatic nitrogens is 3. The summed E-state index contributed by atoms with van der Waals surface area (Å²) >= 11 is 0. The Hall–Kier alpha value is -2.21. The fourth-order valence-electron chi connectivity index (χ4n) is 1.94. The van der Waals surface area contributed by atoms with E-state index in [4.69, 9.17) is 10.8 Å². The molecule has 2 aromatic rings. The number of carbonyl (C=O) groups is 1. The predicted octanol–water partition coefficient (Wildman–Crippen LogP) is 1.52. The molecule has 2 rings (SSSR count). The summed E-state index contributed by atoms with van der Waals surface area (Å²) in [5.41, 5.74) is 8.26. The number of carboxylic acid groups (broad SMARTS) is 1. The molecular weight excluding hydrogens is 268 g/mol. The van der Waals surface area contributed by atoms with E-state index in [0.717, 1.165) is 5.69 Å². The maximum absolute atomic E-state index is 10.7. The molecule has 0 saturated heterocycles. The van der Waals surface area contributed by atoms with Crippen molar-refractivity contribution in [2.75, 3.05) is 0 Å². The number of aliphatic carboxylic acids is 1. The lowest BCUT2D eigenvalue weighted by Gasteiger charge is -2.19. The Labute approximate surface area is 123 Å². The topological polar surface area (TPSA) is 94.0 Å². The van der Waals surface area contributed by atoms with Crippen molar-refractivity contribution in [3.63, 3.8) is 0 Å². The van der Waals surface area contributed by atoms with Gasteiger partial charge in [0, 0.05) is 6.42 Å². The average Bonchev–Trinajstić information content (AvgIpc) is 2.86. The molecule has 112 valence electrons. The van der Waals surface area contributed by atoms with Crippen LogP contribution in [-0.4, -0.2) is 32.1 Å². The number of hydrogen-bond donors (Lipinski definition) is 2. The molecule has 1 aromatic carbocycles. The summed E-state index contributed by atoms with van der Waals surface area (Å²) in [6, 6.07) is 7.09. The second kappa shape index (κ2) is 5.65. The molecule has 1 unspecified atom stereocenters. The fourth-order valence-corrected chi connectivity index (χ4v) is 1.94. The first-order valence-electron chi connectivity index (χ1n) is 6.78. The minimum Gasteiger partial charge on any atom is -0.480 e. The Morgan fingerprint density at radius 1 is 1.33 bits per heavy atom. The first kappa shape index (κ1) is 15.2. The monoisotopic (exact) mass is 288 g/mol. The van der Waals surface area contributed by atoms with Crippen LogP contribution in [0.5, 0.6) is 0 Å². The molecule has 0 aliphatic rings. The maximum atomic E-state index is 10.7. The Bertz CT molecular complexity index is 626. The molecule has 0 aliphatic carbocycles. The maximum Gasteiger partial charge on any atom is 0.320 e. The SMILES string of the molecule is CC(C)(C)c1ccc(-n2cc(CC(N)C(=O)O)nn2)cc1. The summed E-state index contributed by atoms with van der Waals surface area (Å²) in [6.45, 7) is 6.47. The van der Waals surface area contributed by atoms with Crippen LogP contribution in [0.3, 0.4) is 0 Å². The van der Waals surface area contributed by atoms with Gasteiger partial charge in [-0.15, -0.1) is 5.10 Å². The van der Waals surface area contributed by atoms with Gasteiger partial charge in [-0.25, -0.2) is 4.68 Å². The smallest absolute Gasteiger partial charge is 0.320 e. The largest absolute Gasteiger partial charge is 0.480 e. The second-order valence-corrected chi connectivity index (χ2v) is 6.10. The van der Waals surface area contributed by atoms with E-state index in [1.165, 1.54) is 5.56 Å². The van der Waals surface area contributed by atoms with Crippen molar-refractivity contribution in [1.29, 1.82) is 0 Å². The highest BCUT2D eigenvalue weighted by Crippen LogP contribution is 2.23. The molecule has 1 atom stereocenters. The lowest BCUT2D eigenvalue weighted by molar-refractivity contribution is -0.138. The molecule has 0 amide bonds. The summed E-state index contributed by atoms with van der Waals surface area (Å²) in [5, 5.41) is 16.8. The number of benzene rings is 1. The third-order valence-electron chi connectivity index (χ3n) is 3.28. The van der Waals surface area contributed by atoms with Crippen molar-refractivity contribution >= 4 is 5.97 Å². The zero-order valence-electron chi connectivity index (χ0n) is 12.4. The molecule has 6 heteroatoms. The van der Waals surface area contributed by atoms with E-state index >= 15 is 0 Å². The Morgan fingerprint density at radius 2 is 1.95 bits per heavy atom. The normalized spacial score (nSPS) is 13.1. The number of nitrogens with two attached hydrogens (primary N) is 1. The van der Waals surface area contributed by atoms with Gasteiger partial charge >= 0.3 is 5.97 Å². The van der Waals surface area contributed by atoms with Crippen molar-refractivity contribution in [2.45, 2.75) is 38.6 Å². The molecule has 21 heavy (non-hydrogen) atoms. The molecule has 0 saturated carbocycles. The highest BCUT2D eigenvalue weighted by molar-refractivity contribution is 5.73. The van der Waals surface area contributed by atoms with Gasteiger partial charge in [0.1, 0.15) is 6.04 Å². The molecule has 6 nitrogen and oxygen atoms in total. The van der Waals surface area contributed by atoms with E-state index in [-0.39, 0.29) is 11.8 Å². The molecule has 1 aromatic heterocycles. The second-order valence-electron chi connectivity index (χ2n) is 6.10. The standard InChI is InChI=1S/C15H20N4O2/c1-15(2,3)10-4-6-12(7-5-10)19-9-11(17-18-19)8-13(16)14(20)21/h4-7,9,13H,8,16H2,1-3H3,(H,20,21). The third-order valence-corrected chi connectivity index (χ3v) is 3.28. The molecule has 0 radical (unpaired) electrons. The van der Waals surface area contributed by atoms with Gasteiger partial charge in [-0.1, -0.05) is 38.1 Å². The minimum atomic E-state index is -1.04. The highest BCUT2D eigenvalue weighted by Gasteiger charge is 2.16. The predicted molar refractivity (Wildman–Crippen MR) is 79.4 cm³/mol. The lowest BCUT2D eigenvalue weighted by atomic mass is 9.87. The van der Waals surface area contributed by atoms with Crippen LogP contribution in [0, 0.1) is 0 Å². The number of nitrogens with zero attached hydrogens (tertiary/aromatic N) is 3. The molecule has 0 aliphatic heterocycles. The van der Waals surface area contributed by atoms with Gasteiger partial charge in [-0.3, -0.25) is 4.79 Å². The van der Waals surface area contributed by atoms with Gasteiger partial charge in [-0.05, 0) is 23.1 Å². The Kier molecular flexibility index (Phi) is 4.09. The van der Waals surface area contributed by atoms with E-state index < -0.39 is 12.0 Å². The zero-order valence-corrected chi connectivity index (χ0v) is 12.4. The van der Waals surface area contributed by atoms with Crippen molar-refractivity contribution in [2.24, 2.45) is 5.73 Å². The number of rotatable bonds is 4. The lowest BCUT2D eigenvalue weighted by Crippen LogP contribution is -2.32. The van der Waals surface area contributed by atoms with E-state index in [2.05, 4.69) is 43.2 Å². The Balaban J connectivity index is 2.16. The van der Waals surface area contributed by atoms with E-state index in [9.17, 15) is 4.79 Å². The molecule has 1 heterocycles. The van der Waals surface area contributed by atoms with Gasteiger partial charge in [0.15, 0.2) is 0 Å². The van der Waals surface area contributed by atoms with Crippen LogP contribution in [-0.2, 0) is 16.6 Å². The molecule has 0 spiro atoms. The summed E-state index contributed by atoms with van der Waals surface area (Å²) in [7, 11) is 0. The van der Waals surface area contributed by atoms with Crippen LogP contribution < -0.4 is 5.73 Å². The van der Waals surface area contributed by atoms with Crippen LogP contribution in [0.25, 0.3) is 5.69 Å². The van der Waals surface area contributed by atoms with E-state index in [1.54, 1.807) is 10.9 Å². The van der Waals surface area contributed by atoms with E-state index in [0.29, 0.717) is 5.69 Å². The minimum absolute atomic E-state index is 0.0975. The zero-order chi connectivity index (χ0) is 15.6. The highest BCUT2D eigenvalue weighted by atomic mass is 16.4. The van der Waals surface area contributed by atoms with Crippen molar-refractivity contribution in [1.82, 2.24) is 15.0 Å². The van der Waals surface area contributed by atoms with Crippen molar-refractivity contribution in [3.05, 3.63) is 41.7 Å². The first-order valence-corrected chi connectivity index (χ1v) is 6.78. The van der Waals surface area contributed by atoms with Crippen LogP contribution >= 0.6 is 0 Å². The number of carboxylic acids is 1. The van der Waals surface area contributed by atoms with E-state index in [1.807, 2.05) is 12.1 Å². The first-order chi connectivity index (χ1) is 9.77. The Morgan fingerprint density at radius 3 is 2.48 bits per heavy atom. The van der Waals surface area contributed by atoms with Crippen molar-refractivity contribution in [3.8, 4) is 5.69 Å². The van der Waals surface area contributed by atoms with Crippen LogP contribution in [0.15, 0.2) is 30.5 Å². The fraction of sp³-hybridized carbons (Fsp3) is 0.400. The molecule has 0 bridgehead atoms. The summed E-state index contributed by atoms with van der Waals surface area (Å²) in [5.74, 6) is -1.04. The molecule has 3 N–H and O–H groups in total. The molecule has 0 fully saturated rings. The van der Waals surface area contributed by atoms with Gasteiger partial charge < -0.3 is 10.8 Å². The van der Waals surface area contributed by atoms with Gasteiger partial charge in [0.05, 0.1) is 17.6 Å². The molecular formula is C15H20N4O2. The summed E-state index contributed by atoms with van der Waals surface area (Å²) < 4.78 is 1.62. The average molecular weight is 288 g/mol. The van der Waals surface area contributed by atoms with Crippen molar-refractivity contribution < 1.29 is 9.90 Å². The summed E-state index contributed by atoms with van der Waals surface area (Å²) in [4.78, 5) is 10.7.